The van der Waals surface area contributed by atoms with Crippen molar-refractivity contribution in [1.29, 1.82) is 0 Å². The highest BCUT2D eigenvalue weighted by Crippen LogP contribution is 2.29. The molecule has 40 heavy (non-hydrogen) atoms. The first-order valence-electron chi connectivity index (χ1n) is 11.6. The van der Waals surface area contributed by atoms with Crippen LogP contribution in [0.15, 0.2) is 76.7 Å². The zero-order chi connectivity index (χ0) is 29.3. The smallest absolute Gasteiger partial charge is 0.343 e. The number of hydrogen-bond acceptors (Lipinski definition) is 10. The first kappa shape index (κ1) is 29.6. The monoisotopic (exact) mass is 570 g/mol. The molecule has 0 saturated carbocycles. The first-order chi connectivity index (χ1) is 19.0. The summed E-state index contributed by atoms with van der Waals surface area (Å²) in [5, 5.41) is 15.3. The van der Waals surface area contributed by atoms with Gasteiger partial charge in [-0.25, -0.2) is 18.6 Å². The third-order valence-electron chi connectivity index (χ3n) is 5.46. The van der Waals surface area contributed by atoms with Crippen LogP contribution < -0.4 is 19.2 Å². The van der Waals surface area contributed by atoms with Gasteiger partial charge in [-0.15, -0.1) is 0 Å². The van der Waals surface area contributed by atoms with Crippen LogP contribution in [0, 0.1) is 17.0 Å². The molecule has 0 spiro atoms. The van der Waals surface area contributed by atoms with Crippen molar-refractivity contribution in [3.8, 4) is 11.5 Å². The average molecular weight is 571 g/mol. The van der Waals surface area contributed by atoms with E-state index in [0.29, 0.717) is 17.1 Å². The summed E-state index contributed by atoms with van der Waals surface area (Å²) in [7, 11) is -1.73. The number of rotatable bonds is 12. The number of nitro benzene ring substituents is 1. The molecule has 14 heteroatoms. The Balaban J connectivity index is 1.83. The fourth-order valence-electron chi connectivity index (χ4n) is 3.37. The van der Waals surface area contributed by atoms with Crippen LogP contribution in [0.25, 0.3) is 0 Å². The third-order valence-corrected chi connectivity index (χ3v) is 7.23. The minimum atomic E-state index is -4.42. The molecule has 0 radical (unpaired) electrons. The number of hydrogen-bond donors (Lipinski definition) is 1. The number of nitrogens with one attached hydrogen (secondary N) is 1. The Morgan fingerprint density at radius 2 is 1.77 bits per heavy atom. The highest BCUT2D eigenvalue weighted by Gasteiger charge is 2.29. The van der Waals surface area contributed by atoms with Crippen LogP contribution in [-0.4, -0.2) is 58.8 Å². The molecule has 13 nitrogen and oxygen atoms in total. The van der Waals surface area contributed by atoms with Crippen LogP contribution in [0.3, 0.4) is 0 Å². The van der Waals surface area contributed by atoms with E-state index in [0.717, 1.165) is 10.4 Å². The number of sulfonamides is 1. The highest BCUT2D eigenvalue weighted by atomic mass is 32.2. The number of hydrazone groups is 1. The van der Waals surface area contributed by atoms with Crippen molar-refractivity contribution < 1.29 is 37.1 Å². The van der Waals surface area contributed by atoms with Crippen molar-refractivity contribution in [2.24, 2.45) is 5.10 Å². The minimum absolute atomic E-state index is 0.124. The number of nitrogens with zero attached hydrogens (tertiary/aromatic N) is 3. The molecule has 0 aromatic heterocycles. The van der Waals surface area contributed by atoms with Crippen molar-refractivity contribution in [2.75, 3.05) is 31.7 Å². The van der Waals surface area contributed by atoms with Gasteiger partial charge < -0.3 is 14.2 Å². The average Bonchev–Trinajstić information content (AvgIpc) is 2.94. The molecule has 1 amide bonds. The molecule has 3 rings (SSSR count). The van der Waals surface area contributed by atoms with Gasteiger partial charge in [0.25, 0.3) is 21.6 Å². The minimum Gasteiger partial charge on any atom is -0.497 e. The fourth-order valence-corrected chi connectivity index (χ4v) is 4.81. The molecule has 0 aliphatic rings. The molecule has 210 valence electrons. The molecule has 3 aromatic rings. The molecule has 0 bridgehead atoms. The predicted molar refractivity (Wildman–Crippen MR) is 145 cm³/mol. The maximum atomic E-state index is 13.6. The first-order valence-corrected chi connectivity index (χ1v) is 13.0. The summed E-state index contributed by atoms with van der Waals surface area (Å²) in [6.07, 6.45) is 1.30. The summed E-state index contributed by atoms with van der Waals surface area (Å²) in [4.78, 5) is 34.4. The van der Waals surface area contributed by atoms with E-state index in [1.807, 2.05) is 0 Å². The zero-order valence-corrected chi connectivity index (χ0v) is 22.6. The summed E-state index contributed by atoms with van der Waals surface area (Å²) < 4.78 is 42.9. The normalized spacial score (nSPS) is 11.1. The van der Waals surface area contributed by atoms with E-state index in [1.54, 1.807) is 24.3 Å². The number of benzene rings is 3. The standard InChI is InChI=1S/C26H26N4O9S/c1-18-7-12-23(14-24(18)30(33)34)40(35,36)29(20-8-10-21(37-2)11-9-20)16-25(31)28-27-15-19-5-4-6-22(13-19)39-17-26(32)38-3/h4-15H,16-17H2,1-3H3,(H,28,31)/b27-15-. The van der Waals surface area contributed by atoms with Gasteiger partial charge in [0, 0.05) is 11.6 Å². The summed E-state index contributed by atoms with van der Waals surface area (Å²) in [5.74, 6) is -0.512. The number of esters is 1. The van der Waals surface area contributed by atoms with Gasteiger partial charge in [-0.1, -0.05) is 18.2 Å². The lowest BCUT2D eigenvalue weighted by molar-refractivity contribution is -0.385. The van der Waals surface area contributed by atoms with Gasteiger partial charge in [0.2, 0.25) is 0 Å². The number of methoxy groups -OCH3 is 2. The molecule has 0 aliphatic heterocycles. The van der Waals surface area contributed by atoms with Crippen molar-refractivity contribution in [3.63, 3.8) is 0 Å². The van der Waals surface area contributed by atoms with Crippen molar-refractivity contribution >= 4 is 39.5 Å². The maximum Gasteiger partial charge on any atom is 0.343 e. The summed E-state index contributed by atoms with van der Waals surface area (Å²) in [6, 6.07) is 15.9. The molecule has 0 aliphatic carbocycles. The van der Waals surface area contributed by atoms with E-state index >= 15 is 0 Å². The molecule has 1 N–H and O–H groups in total. The Bertz CT molecular complexity index is 1520. The SMILES string of the molecule is COC(=O)COc1cccc(/C=N\NC(=O)CN(c2ccc(OC)cc2)S(=O)(=O)c2ccc(C)c([N+](=O)[O-])c2)c1. The number of carbonyl (C=O) groups excluding carboxylic acids is 2. The van der Waals surface area contributed by atoms with Gasteiger partial charge in [0.1, 0.15) is 18.0 Å². The molecule has 0 heterocycles. The molecule has 0 saturated heterocycles. The van der Waals surface area contributed by atoms with Crippen LogP contribution in [-0.2, 0) is 24.3 Å². The predicted octanol–water partition coefficient (Wildman–Crippen LogP) is 2.81. The van der Waals surface area contributed by atoms with E-state index < -0.39 is 33.4 Å². The summed E-state index contributed by atoms with van der Waals surface area (Å²) >= 11 is 0. The van der Waals surface area contributed by atoms with Gasteiger partial charge in [0.15, 0.2) is 6.61 Å². The second-order valence-electron chi connectivity index (χ2n) is 8.15. The van der Waals surface area contributed by atoms with E-state index in [-0.39, 0.29) is 28.4 Å². The topological polar surface area (TPSA) is 167 Å². The van der Waals surface area contributed by atoms with Gasteiger partial charge >= 0.3 is 5.97 Å². The number of anilines is 1. The zero-order valence-electron chi connectivity index (χ0n) is 21.8. The third kappa shape index (κ3) is 7.54. The molecule has 0 atom stereocenters. The number of carbonyl (C=O) groups is 2. The van der Waals surface area contributed by atoms with E-state index in [2.05, 4.69) is 15.3 Å². The Kier molecular flexibility index (Phi) is 9.76. The van der Waals surface area contributed by atoms with Crippen molar-refractivity contribution in [1.82, 2.24) is 5.43 Å². The lowest BCUT2D eigenvalue weighted by atomic mass is 10.2. The van der Waals surface area contributed by atoms with Crippen molar-refractivity contribution in [3.05, 3.63) is 88.0 Å². The Labute approximate surface area is 230 Å². The Hall–Kier alpha value is -4.98. The van der Waals surface area contributed by atoms with Gasteiger partial charge in [-0.3, -0.25) is 19.2 Å². The van der Waals surface area contributed by atoms with E-state index in [1.165, 1.54) is 63.8 Å². The lowest BCUT2D eigenvalue weighted by Crippen LogP contribution is -2.39. The summed E-state index contributed by atoms with van der Waals surface area (Å²) in [6.45, 7) is 0.520. The number of nitro groups is 1. The lowest BCUT2D eigenvalue weighted by Gasteiger charge is -2.24. The molecule has 0 fully saturated rings. The molecule has 3 aromatic carbocycles. The van der Waals surface area contributed by atoms with Gasteiger partial charge in [-0.2, -0.15) is 5.10 Å². The van der Waals surface area contributed by atoms with Crippen LogP contribution in [0.4, 0.5) is 11.4 Å². The van der Waals surface area contributed by atoms with Crippen LogP contribution in [0.5, 0.6) is 11.5 Å². The summed E-state index contributed by atoms with van der Waals surface area (Å²) in [5.41, 5.74) is 2.83. The quantitative estimate of drug-likeness (QED) is 0.149. The number of amides is 1. The van der Waals surface area contributed by atoms with Crippen LogP contribution in [0.2, 0.25) is 0 Å². The molecule has 0 unspecified atom stereocenters. The van der Waals surface area contributed by atoms with E-state index in [9.17, 15) is 28.1 Å². The van der Waals surface area contributed by atoms with Crippen LogP contribution >= 0.6 is 0 Å². The highest BCUT2D eigenvalue weighted by molar-refractivity contribution is 7.92. The molecular weight excluding hydrogens is 544 g/mol. The number of ether oxygens (including phenoxy) is 3. The number of aryl methyl sites for hydroxylation is 1. The van der Waals surface area contributed by atoms with Gasteiger partial charge in [-0.05, 0) is 55.0 Å². The fraction of sp³-hybridized carbons (Fsp3) is 0.192. The maximum absolute atomic E-state index is 13.6. The Morgan fingerprint density at radius 3 is 2.42 bits per heavy atom. The van der Waals surface area contributed by atoms with Crippen LogP contribution in [0.1, 0.15) is 11.1 Å². The van der Waals surface area contributed by atoms with Gasteiger partial charge in [0.05, 0.1) is 35.9 Å². The van der Waals surface area contributed by atoms with E-state index in [4.69, 9.17) is 9.47 Å². The second kappa shape index (κ2) is 13.2. The second-order valence-corrected chi connectivity index (χ2v) is 10.0. The molecular formula is C26H26N4O9S. The largest absolute Gasteiger partial charge is 0.497 e. The van der Waals surface area contributed by atoms with Crippen molar-refractivity contribution in [2.45, 2.75) is 11.8 Å². The Morgan fingerprint density at radius 1 is 1.05 bits per heavy atom.